The Balaban J connectivity index is 1.76. The number of aromatic nitrogens is 2. The summed E-state index contributed by atoms with van der Waals surface area (Å²) in [4.78, 5) is 32.5. The summed E-state index contributed by atoms with van der Waals surface area (Å²) in [6, 6.07) is 9.73. The van der Waals surface area contributed by atoms with Crippen LogP contribution >= 0.6 is 11.8 Å². The zero-order valence-corrected chi connectivity index (χ0v) is 16.2. The predicted molar refractivity (Wildman–Crippen MR) is 101 cm³/mol. The molecule has 0 fully saturated rings. The summed E-state index contributed by atoms with van der Waals surface area (Å²) in [6.07, 6.45) is -0.853. The van der Waals surface area contributed by atoms with Gasteiger partial charge in [-0.2, -0.15) is 0 Å². The van der Waals surface area contributed by atoms with Gasteiger partial charge in [0.25, 0.3) is 5.91 Å². The molecule has 138 valence electrons. The monoisotopic (exact) mass is 373 g/mol. The number of thioether (sulfide) groups is 1. The Morgan fingerprint density at radius 1 is 1.12 bits per heavy atom. The zero-order chi connectivity index (χ0) is 19.1. The number of rotatable bonds is 7. The van der Waals surface area contributed by atoms with Crippen LogP contribution in [-0.2, 0) is 20.9 Å². The lowest BCUT2D eigenvalue weighted by molar-refractivity contribution is -0.152. The number of aryl methyl sites for hydroxylation is 3. The topological polar surface area (TPSA) is 81.2 Å². The van der Waals surface area contributed by atoms with E-state index in [1.165, 1.54) is 11.8 Å². The third-order valence-corrected chi connectivity index (χ3v) is 4.37. The summed E-state index contributed by atoms with van der Waals surface area (Å²) in [7, 11) is 0. The Kier molecular flexibility index (Phi) is 7.15. The van der Waals surface area contributed by atoms with Gasteiger partial charge >= 0.3 is 5.97 Å². The molecule has 0 unspecified atom stereocenters. The number of carbonyl (C=O) groups excluding carboxylic acids is 2. The zero-order valence-electron chi connectivity index (χ0n) is 15.4. The van der Waals surface area contributed by atoms with Crippen molar-refractivity contribution in [2.24, 2.45) is 0 Å². The first kappa shape index (κ1) is 19.9. The quantitative estimate of drug-likeness (QED) is 0.457. The van der Waals surface area contributed by atoms with Gasteiger partial charge in [-0.15, -0.1) is 0 Å². The number of nitrogens with zero attached hydrogens (tertiary/aromatic N) is 2. The van der Waals surface area contributed by atoms with Crippen molar-refractivity contribution in [2.45, 2.75) is 45.5 Å². The Morgan fingerprint density at radius 3 is 2.35 bits per heavy atom. The molecule has 0 radical (unpaired) electrons. The van der Waals surface area contributed by atoms with Gasteiger partial charge in [0, 0.05) is 17.9 Å². The molecule has 0 aliphatic heterocycles. The molecule has 0 aliphatic rings. The lowest BCUT2D eigenvalue weighted by Crippen LogP contribution is -2.35. The second-order valence-electron chi connectivity index (χ2n) is 6.06. The molecule has 0 spiro atoms. The fraction of sp³-hybridized carbons (Fsp3) is 0.368. The summed E-state index contributed by atoms with van der Waals surface area (Å²) < 4.78 is 5.17. The van der Waals surface area contributed by atoms with E-state index in [0.29, 0.717) is 11.7 Å². The minimum Gasteiger partial charge on any atom is -0.452 e. The number of esters is 1. The molecule has 1 atom stereocenters. The molecule has 2 rings (SSSR count). The van der Waals surface area contributed by atoms with Crippen LogP contribution in [0.1, 0.15) is 29.4 Å². The first-order valence-corrected chi connectivity index (χ1v) is 9.30. The molecular formula is C19H23N3O3S. The number of nitrogens with one attached hydrogen (secondary N) is 1. The highest BCUT2D eigenvalue weighted by atomic mass is 32.2. The third-order valence-electron chi connectivity index (χ3n) is 3.55. The van der Waals surface area contributed by atoms with Crippen LogP contribution in [-0.4, -0.2) is 33.7 Å². The van der Waals surface area contributed by atoms with Crippen molar-refractivity contribution in [1.82, 2.24) is 15.3 Å². The van der Waals surface area contributed by atoms with Crippen LogP contribution < -0.4 is 5.32 Å². The van der Waals surface area contributed by atoms with Gasteiger partial charge in [-0.05, 0) is 39.3 Å². The first-order valence-electron chi connectivity index (χ1n) is 8.31. The number of hydrogen-bond acceptors (Lipinski definition) is 6. The molecule has 26 heavy (non-hydrogen) atoms. The standard InChI is InChI=1S/C19H23N3O3S/c1-12-5-7-16(8-6-12)10-20-18(24)15(4)25-17(23)11-26-19-21-13(2)9-14(3)22-19/h5-9,15H,10-11H2,1-4H3,(H,20,24)/t15-/m1/s1. The van der Waals surface area contributed by atoms with Crippen molar-refractivity contribution in [3.63, 3.8) is 0 Å². The highest BCUT2D eigenvalue weighted by Gasteiger charge is 2.18. The minimum absolute atomic E-state index is 0.0540. The molecular weight excluding hydrogens is 350 g/mol. The Bertz CT molecular complexity index is 758. The maximum absolute atomic E-state index is 12.1. The van der Waals surface area contributed by atoms with Gasteiger partial charge in [0.2, 0.25) is 0 Å². The van der Waals surface area contributed by atoms with Crippen molar-refractivity contribution < 1.29 is 14.3 Å². The summed E-state index contributed by atoms with van der Waals surface area (Å²) in [5, 5.41) is 3.29. The van der Waals surface area contributed by atoms with E-state index in [4.69, 9.17) is 4.74 Å². The molecule has 7 heteroatoms. The molecule has 0 saturated carbocycles. The molecule has 1 amide bonds. The van der Waals surface area contributed by atoms with E-state index in [2.05, 4.69) is 15.3 Å². The van der Waals surface area contributed by atoms with E-state index in [-0.39, 0.29) is 11.7 Å². The molecule has 0 aliphatic carbocycles. The van der Waals surface area contributed by atoms with Gasteiger partial charge in [0.05, 0.1) is 5.75 Å². The molecule has 1 aromatic heterocycles. The SMILES string of the molecule is Cc1ccc(CNC(=O)[C@@H](C)OC(=O)CSc2nc(C)cc(C)n2)cc1. The van der Waals surface area contributed by atoms with Crippen molar-refractivity contribution in [3.8, 4) is 0 Å². The largest absolute Gasteiger partial charge is 0.452 e. The summed E-state index contributed by atoms with van der Waals surface area (Å²) in [5.74, 6) is -0.749. The maximum atomic E-state index is 12.1. The number of amides is 1. The Labute approximate surface area is 157 Å². The number of ether oxygens (including phenoxy) is 1. The van der Waals surface area contributed by atoms with E-state index < -0.39 is 12.1 Å². The second-order valence-corrected chi connectivity index (χ2v) is 7.00. The van der Waals surface area contributed by atoms with Crippen LogP contribution in [0.4, 0.5) is 0 Å². The normalized spacial score (nSPS) is 11.7. The first-order chi connectivity index (χ1) is 12.3. The van der Waals surface area contributed by atoms with Gasteiger partial charge in [-0.1, -0.05) is 41.6 Å². The van der Waals surface area contributed by atoms with Crippen molar-refractivity contribution in [3.05, 3.63) is 52.8 Å². The highest BCUT2D eigenvalue weighted by molar-refractivity contribution is 7.99. The van der Waals surface area contributed by atoms with Gasteiger partial charge < -0.3 is 10.1 Å². The van der Waals surface area contributed by atoms with Gasteiger partial charge in [0.15, 0.2) is 11.3 Å². The maximum Gasteiger partial charge on any atom is 0.317 e. The Hall–Kier alpha value is -2.41. The molecule has 2 aromatic rings. The van der Waals surface area contributed by atoms with Crippen LogP contribution in [0.2, 0.25) is 0 Å². The average Bonchev–Trinajstić information content (AvgIpc) is 2.58. The van der Waals surface area contributed by atoms with Crippen molar-refractivity contribution >= 4 is 23.6 Å². The summed E-state index contributed by atoms with van der Waals surface area (Å²) >= 11 is 1.19. The number of hydrogen-bond donors (Lipinski definition) is 1. The molecule has 1 N–H and O–H groups in total. The molecule has 1 heterocycles. The number of benzene rings is 1. The van der Waals surface area contributed by atoms with Crippen LogP contribution in [0.5, 0.6) is 0 Å². The molecule has 0 saturated heterocycles. The van der Waals surface area contributed by atoms with Crippen molar-refractivity contribution in [1.29, 1.82) is 0 Å². The van der Waals surface area contributed by atoms with Crippen LogP contribution in [0.3, 0.4) is 0 Å². The van der Waals surface area contributed by atoms with E-state index in [9.17, 15) is 9.59 Å². The summed E-state index contributed by atoms with van der Waals surface area (Å²) in [5.41, 5.74) is 3.84. The average molecular weight is 373 g/mol. The Morgan fingerprint density at radius 2 is 1.73 bits per heavy atom. The predicted octanol–water partition coefficient (Wildman–Crippen LogP) is 2.74. The van der Waals surface area contributed by atoms with Gasteiger partial charge in [-0.3, -0.25) is 9.59 Å². The van der Waals surface area contributed by atoms with Gasteiger partial charge in [-0.25, -0.2) is 9.97 Å². The van der Waals surface area contributed by atoms with E-state index in [1.54, 1.807) is 6.92 Å². The summed E-state index contributed by atoms with van der Waals surface area (Å²) in [6.45, 7) is 7.70. The third kappa shape index (κ3) is 6.48. The lowest BCUT2D eigenvalue weighted by Gasteiger charge is -2.13. The number of carbonyl (C=O) groups is 2. The van der Waals surface area contributed by atoms with Crippen molar-refractivity contribution in [2.75, 3.05) is 5.75 Å². The molecule has 6 nitrogen and oxygen atoms in total. The van der Waals surface area contributed by atoms with E-state index in [1.807, 2.05) is 51.1 Å². The van der Waals surface area contributed by atoms with Gasteiger partial charge in [0.1, 0.15) is 0 Å². The minimum atomic E-state index is -0.853. The smallest absolute Gasteiger partial charge is 0.317 e. The lowest BCUT2D eigenvalue weighted by atomic mass is 10.1. The van der Waals surface area contributed by atoms with Crippen LogP contribution in [0, 0.1) is 20.8 Å². The fourth-order valence-corrected chi connectivity index (χ4v) is 2.94. The van der Waals surface area contributed by atoms with E-state index in [0.717, 1.165) is 22.5 Å². The molecule has 0 bridgehead atoms. The fourth-order valence-electron chi connectivity index (χ4n) is 2.21. The molecule has 1 aromatic carbocycles. The van der Waals surface area contributed by atoms with E-state index >= 15 is 0 Å². The highest BCUT2D eigenvalue weighted by Crippen LogP contribution is 2.14. The van der Waals surface area contributed by atoms with Crippen LogP contribution in [0.25, 0.3) is 0 Å². The van der Waals surface area contributed by atoms with Crippen LogP contribution in [0.15, 0.2) is 35.5 Å². The second kappa shape index (κ2) is 9.33.